The monoisotopic (exact) mass is 435 g/mol. The smallest absolute Gasteiger partial charge is 0.290 e. The van der Waals surface area contributed by atoms with E-state index in [1.165, 1.54) is 0 Å². The summed E-state index contributed by atoms with van der Waals surface area (Å²) < 4.78 is 17.1. The molecule has 0 saturated heterocycles. The molecule has 0 saturated carbocycles. The second-order valence-corrected chi connectivity index (χ2v) is 8.05. The first kappa shape index (κ1) is 22.1. The molecule has 3 aromatic rings. The number of carbonyl (C=O) groups excluding carboxylic acids is 1. The van der Waals surface area contributed by atoms with Crippen molar-refractivity contribution in [2.24, 2.45) is 0 Å². The van der Waals surface area contributed by atoms with Crippen LogP contribution in [0.4, 0.5) is 0 Å². The number of benzene rings is 2. The molecule has 6 heteroatoms. The van der Waals surface area contributed by atoms with Gasteiger partial charge in [-0.05, 0) is 42.7 Å². The summed E-state index contributed by atoms with van der Waals surface area (Å²) in [5, 5.41) is 0.481. The van der Waals surface area contributed by atoms with Crippen LogP contribution < -0.4 is 10.2 Å². The standard InChI is InChI=1S/C26H29NO5/c1-3-4-7-16-31-19-11-8-10-18(17-19)23-22-24(28)20-12-5-6-13-21(20)32-25(22)26(29)27(23)14-9-15-30-2/h5-6,8,10-13,17,23H,3-4,7,9,14-16H2,1-2H3. The molecule has 1 aliphatic heterocycles. The van der Waals surface area contributed by atoms with Crippen molar-refractivity contribution in [1.82, 2.24) is 4.90 Å². The zero-order valence-electron chi connectivity index (χ0n) is 18.6. The number of hydrogen-bond donors (Lipinski definition) is 0. The van der Waals surface area contributed by atoms with Gasteiger partial charge in [-0.2, -0.15) is 0 Å². The Morgan fingerprint density at radius 1 is 1.00 bits per heavy atom. The number of hydrogen-bond acceptors (Lipinski definition) is 5. The van der Waals surface area contributed by atoms with Gasteiger partial charge in [-0.1, -0.05) is 44.0 Å². The third-order valence-corrected chi connectivity index (χ3v) is 5.81. The van der Waals surface area contributed by atoms with Crippen LogP contribution in [0.15, 0.2) is 57.7 Å². The third-order valence-electron chi connectivity index (χ3n) is 5.81. The van der Waals surface area contributed by atoms with E-state index in [2.05, 4.69) is 6.92 Å². The molecule has 6 nitrogen and oxygen atoms in total. The SMILES string of the molecule is CCCCCOc1cccc(C2c3c(oc4ccccc4c3=O)C(=O)N2CCCOC)c1. The largest absolute Gasteiger partial charge is 0.494 e. The summed E-state index contributed by atoms with van der Waals surface area (Å²) in [4.78, 5) is 28.5. The minimum absolute atomic E-state index is 0.130. The first-order valence-corrected chi connectivity index (χ1v) is 11.2. The van der Waals surface area contributed by atoms with E-state index < -0.39 is 6.04 Å². The highest BCUT2D eigenvalue weighted by Crippen LogP contribution is 2.39. The molecule has 2 aromatic carbocycles. The zero-order chi connectivity index (χ0) is 22.5. The highest BCUT2D eigenvalue weighted by Gasteiger charge is 2.42. The predicted octanol–water partition coefficient (Wildman–Crippen LogP) is 4.94. The van der Waals surface area contributed by atoms with Gasteiger partial charge in [0.2, 0.25) is 5.76 Å². The van der Waals surface area contributed by atoms with Crippen molar-refractivity contribution >= 4 is 16.9 Å². The number of nitrogens with zero attached hydrogens (tertiary/aromatic N) is 1. The molecule has 32 heavy (non-hydrogen) atoms. The number of carbonyl (C=O) groups is 1. The topological polar surface area (TPSA) is 69.0 Å². The Balaban J connectivity index is 1.76. The Kier molecular flexibility index (Phi) is 6.90. The van der Waals surface area contributed by atoms with Crippen molar-refractivity contribution in [1.29, 1.82) is 0 Å². The van der Waals surface area contributed by atoms with E-state index >= 15 is 0 Å². The Morgan fingerprint density at radius 2 is 1.84 bits per heavy atom. The van der Waals surface area contributed by atoms with Crippen molar-refractivity contribution in [3.63, 3.8) is 0 Å². The van der Waals surface area contributed by atoms with Crippen LogP contribution in [0.3, 0.4) is 0 Å². The predicted molar refractivity (Wildman–Crippen MR) is 123 cm³/mol. The second-order valence-electron chi connectivity index (χ2n) is 8.05. The fourth-order valence-corrected chi connectivity index (χ4v) is 4.24. The molecule has 0 N–H and O–H groups in total. The summed E-state index contributed by atoms with van der Waals surface area (Å²) in [5.74, 6) is 0.602. The highest BCUT2D eigenvalue weighted by molar-refractivity contribution is 5.99. The quantitative estimate of drug-likeness (QED) is 0.422. The first-order chi connectivity index (χ1) is 15.7. The number of methoxy groups -OCH3 is 1. The molecule has 0 fully saturated rings. The van der Waals surface area contributed by atoms with Crippen molar-refractivity contribution in [2.45, 2.75) is 38.6 Å². The lowest BCUT2D eigenvalue weighted by molar-refractivity contribution is 0.0707. The van der Waals surface area contributed by atoms with Crippen LogP contribution in [0.5, 0.6) is 5.75 Å². The Hall–Kier alpha value is -3.12. The third kappa shape index (κ3) is 4.28. The van der Waals surface area contributed by atoms with Crippen LogP contribution in [-0.4, -0.2) is 37.7 Å². The van der Waals surface area contributed by atoms with Gasteiger partial charge in [0, 0.05) is 20.3 Å². The number of rotatable bonds is 10. The van der Waals surface area contributed by atoms with Gasteiger partial charge in [-0.15, -0.1) is 0 Å². The van der Waals surface area contributed by atoms with Gasteiger partial charge in [0.25, 0.3) is 5.91 Å². The van der Waals surface area contributed by atoms with Gasteiger partial charge in [-0.3, -0.25) is 9.59 Å². The maximum Gasteiger partial charge on any atom is 0.290 e. The first-order valence-electron chi connectivity index (χ1n) is 11.2. The van der Waals surface area contributed by atoms with E-state index in [1.54, 1.807) is 36.3 Å². The molecule has 0 spiro atoms. The number of unbranched alkanes of at least 4 members (excludes halogenated alkanes) is 2. The van der Waals surface area contributed by atoms with Crippen molar-refractivity contribution in [3.05, 3.63) is 75.6 Å². The fraction of sp³-hybridized carbons (Fsp3) is 0.385. The van der Waals surface area contributed by atoms with Crippen molar-refractivity contribution in [3.8, 4) is 5.75 Å². The zero-order valence-corrected chi connectivity index (χ0v) is 18.6. The van der Waals surface area contributed by atoms with Crippen LogP contribution in [0.25, 0.3) is 11.0 Å². The molecule has 168 valence electrons. The van der Waals surface area contributed by atoms with Crippen LogP contribution >= 0.6 is 0 Å². The summed E-state index contributed by atoms with van der Waals surface area (Å²) >= 11 is 0. The number of ether oxygens (including phenoxy) is 2. The van der Waals surface area contributed by atoms with Gasteiger partial charge in [0.05, 0.1) is 23.6 Å². The molecule has 1 aromatic heterocycles. The van der Waals surface area contributed by atoms with Gasteiger partial charge in [-0.25, -0.2) is 0 Å². The number of amides is 1. The molecule has 1 atom stereocenters. The molecule has 2 heterocycles. The number of fused-ring (bicyclic) bond motifs is 2. The summed E-state index contributed by atoms with van der Waals surface area (Å²) in [6, 6.07) is 14.2. The Morgan fingerprint density at radius 3 is 2.66 bits per heavy atom. The van der Waals surface area contributed by atoms with E-state index in [1.807, 2.05) is 24.3 Å². The van der Waals surface area contributed by atoms with Gasteiger partial charge in [0.15, 0.2) is 5.43 Å². The summed E-state index contributed by atoms with van der Waals surface area (Å²) in [5.41, 5.74) is 1.50. The minimum atomic E-state index is -0.519. The maximum atomic E-state index is 13.5. The molecule has 0 radical (unpaired) electrons. The van der Waals surface area contributed by atoms with Crippen molar-refractivity contribution < 1.29 is 18.7 Å². The lowest BCUT2D eigenvalue weighted by Crippen LogP contribution is -2.31. The number of para-hydroxylation sites is 1. The van der Waals surface area contributed by atoms with E-state index in [9.17, 15) is 9.59 Å². The Labute approximate surface area is 187 Å². The summed E-state index contributed by atoms with van der Waals surface area (Å²) in [6.07, 6.45) is 3.90. The average Bonchev–Trinajstić information content (AvgIpc) is 3.09. The Bertz CT molecular complexity index is 1150. The maximum absolute atomic E-state index is 13.5. The van der Waals surface area contributed by atoms with Gasteiger partial charge in [0.1, 0.15) is 11.3 Å². The minimum Gasteiger partial charge on any atom is -0.494 e. The van der Waals surface area contributed by atoms with Gasteiger partial charge < -0.3 is 18.8 Å². The second kappa shape index (κ2) is 10.0. The molecule has 1 aliphatic rings. The normalized spacial score (nSPS) is 15.4. The summed E-state index contributed by atoms with van der Waals surface area (Å²) in [7, 11) is 1.63. The van der Waals surface area contributed by atoms with E-state index in [-0.39, 0.29) is 17.1 Å². The molecular weight excluding hydrogens is 406 g/mol. The van der Waals surface area contributed by atoms with Crippen LogP contribution in [0.1, 0.15) is 60.3 Å². The molecule has 0 aliphatic carbocycles. The van der Waals surface area contributed by atoms with E-state index in [0.29, 0.717) is 42.7 Å². The lowest BCUT2D eigenvalue weighted by Gasteiger charge is -2.25. The molecule has 0 bridgehead atoms. The average molecular weight is 436 g/mol. The van der Waals surface area contributed by atoms with Gasteiger partial charge >= 0.3 is 0 Å². The van der Waals surface area contributed by atoms with Crippen LogP contribution in [-0.2, 0) is 4.74 Å². The fourth-order valence-electron chi connectivity index (χ4n) is 4.24. The van der Waals surface area contributed by atoms with Crippen LogP contribution in [0, 0.1) is 0 Å². The molecule has 4 rings (SSSR count). The highest BCUT2D eigenvalue weighted by atomic mass is 16.5. The molecule has 1 unspecified atom stereocenters. The summed E-state index contributed by atoms with van der Waals surface area (Å²) in [6.45, 7) is 3.78. The molecular formula is C26H29NO5. The lowest BCUT2D eigenvalue weighted by atomic mass is 9.98. The van der Waals surface area contributed by atoms with Crippen LogP contribution in [0.2, 0.25) is 0 Å². The molecule has 1 amide bonds. The van der Waals surface area contributed by atoms with E-state index in [0.717, 1.165) is 30.6 Å². The van der Waals surface area contributed by atoms with Crippen molar-refractivity contribution in [2.75, 3.05) is 26.9 Å². The van der Waals surface area contributed by atoms with E-state index in [4.69, 9.17) is 13.9 Å².